The molecular weight excluding hydrogens is 509 g/mol. The first kappa shape index (κ1) is 33.9. The van der Waals surface area contributed by atoms with Gasteiger partial charge in [-0.2, -0.15) is 4.57 Å². The summed E-state index contributed by atoms with van der Waals surface area (Å²) in [5, 5.41) is 8.98. The van der Waals surface area contributed by atoms with Crippen molar-refractivity contribution in [3.8, 4) is 0 Å². The van der Waals surface area contributed by atoms with Crippen LogP contribution in [-0.2, 0) is 22.1 Å². The predicted octanol–water partition coefficient (Wildman–Crippen LogP) is -0.406. The zero-order valence-electron chi connectivity index (χ0n) is 15.8. The molecule has 13 nitrogen and oxygen atoms in total. The van der Waals surface area contributed by atoms with Crippen molar-refractivity contribution >= 4 is 57.6 Å². The van der Waals surface area contributed by atoms with Gasteiger partial charge in [-0.25, -0.2) is 19.1 Å². The second kappa shape index (κ2) is 15.1. The number of nitrogens with zero attached hydrogens (tertiary/aromatic N) is 3. The SMILES string of the molecule is Cc1ncc(C[n+]2csc(CCO)c2C)c(N)n1.Cl.Cl.O=P(O)(O)O.O=P(O)(O)O. The van der Waals surface area contributed by atoms with Gasteiger partial charge in [-0.15, -0.1) is 24.8 Å². The maximum Gasteiger partial charge on any atom is 0.466 e. The summed E-state index contributed by atoms with van der Waals surface area (Å²) in [6.45, 7) is 4.71. The molecule has 0 unspecified atom stereocenters. The highest BCUT2D eigenvalue weighted by Crippen LogP contribution is 2.26. The van der Waals surface area contributed by atoms with E-state index in [1.807, 2.05) is 19.4 Å². The Morgan fingerprint density at radius 2 is 1.53 bits per heavy atom. The Balaban J connectivity index is -0.000000514. The largest absolute Gasteiger partial charge is 0.466 e. The molecule has 2 aromatic heterocycles. The second-order valence-electron chi connectivity index (χ2n) is 5.19. The van der Waals surface area contributed by atoms with Crippen LogP contribution in [0.5, 0.6) is 0 Å². The quantitative estimate of drug-likeness (QED) is 0.185. The van der Waals surface area contributed by atoms with Gasteiger partial charge in [0.15, 0.2) is 12.2 Å². The van der Waals surface area contributed by atoms with E-state index in [1.54, 1.807) is 17.5 Å². The van der Waals surface area contributed by atoms with Gasteiger partial charge in [0.1, 0.15) is 11.6 Å². The van der Waals surface area contributed by atoms with Gasteiger partial charge in [0, 0.05) is 26.1 Å². The fourth-order valence-electron chi connectivity index (χ4n) is 1.77. The van der Waals surface area contributed by atoms with Crippen LogP contribution in [0.4, 0.5) is 5.82 Å². The highest BCUT2D eigenvalue weighted by Gasteiger charge is 2.17. The van der Waals surface area contributed by atoms with Crippen LogP contribution in [0, 0.1) is 13.8 Å². The van der Waals surface area contributed by atoms with Crippen molar-refractivity contribution in [2.24, 2.45) is 0 Å². The molecule has 0 saturated heterocycles. The highest BCUT2D eigenvalue weighted by molar-refractivity contribution is 7.45. The van der Waals surface area contributed by atoms with E-state index < -0.39 is 15.6 Å². The van der Waals surface area contributed by atoms with Gasteiger partial charge < -0.3 is 40.2 Å². The fraction of sp³-hybridized carbons (Fsp3) is 0.417. The molecule has 0 aliphatic carbocycles. The molecule has 9 N–H and O–H groups in total. The summed E-state index contributed by atoms with van der Waals surface area (Å²) in [7, 11) is -9.28. The Morgan fingerprint density at radius 1 is 1.07 bits per heavy atom. The van der Waals surface area contributed by atoms with Crippen LogP contribution in [-0.4, -0.2) is 51.0 Å². The first-order chi connectivity index (χ1) is 12.6. The predicted molar refractivity (Wildman–Crippen MR) is 113 cm³/mol. The van der Waals surface area contributed by atoms with Gasteiger partial charge in [-0.1, -0.05) is 11.3 Å². The third-order valence-electron chi connectivity index (χ3n) is 2.85. The normalized spacial score (nSPS) is 10.4. The minimum absolute atomic E-state index is 0. The Kier molecular flexibility index (Phi) is 17.1. The first-order valence-electron chi connectivity index (χ1n) is 7.33. The molecule has 0 amide bonds. The highest BCUT2D eigenvalue weighted by atomic mass is 35.5. The van der Waals surface area contributed by atoms with Gasteiger partial charge >= 0.3 is 15.6 Å². The van der Waals surface area contributed by atoms with Gasteiger partial charge in [0.2, 0.25) is 5.51 Å². The summed E-state index contributed by atoms with van der Waals surface area (Å²) in [6, 6.07) is 0. The number of aromatic nitrogens is 3. The fourth-order valence-corrected chi connectivity index (χ4v) is 2.75. The lowest BCUT2D eigenvalue weighted by Gasteiger charge is -2.01. The van der Waals surface area contributed by atoms with Crippen LogP contribution in [0.1, 0.15) is 22.0 Å². The zero-order valence-corrected chi connectivity index (χ0v) is 20.0. The van der Waals surface area contributed by atoms with E-state index in [4.69, 9.17) is 49.3 Å². The monoisotopic (exact) mass is 533 g/mol. The van der Waals surface area contributed by atoms with Crippen molar-refractivity contribution in [3.63, 3.8) is 0 Å². The third-order valence-corrected chi connectivity index (χ3v) is 4.00. The van der Waals surface area contributed by atoms with E-state index in [1.165, 1.54) is 4.88 Å². The molecule has 0 radical (unpaired) electrons. The number of nitrogens with two attached hydrogens (primary N) is 1. The molecule has 0 aromatic carbocycles. The molecule has 18 heteroatoms. The summed E-state index contributed by atoms with van der Waals surface area (Å²) < 4.78 is 19.9. The van der Waals surface area contributed by atoms with E-state index >= 15 is 0 Å². The van der Waals surface area contributed by atoms with Crippen LogP contribution in [0.25, 0.3) is 0 Å². The average Bonchev–Trinajstić information content (AvgIpc) is 2.80. The Labute approximate surface area is 188 Å². The van der Waals surface area contributed by atoms with Crippen LogP contribution < -0.4 is 10.3 Å². The van der Waals surface area contributed by atoms with Gasteiger partial charge in [0.25, 0.3) is 0 Å². The van der Waals surface area contributed by atoms with E-state index in [-0.39, 0.29) is 31.4 Å². The number of aliphatic hydroxyl groups excluding tert-OH is 1. The molecule has 30 heavy (non-hydrogen) atoms. The Bertz CT molecular complexity index is 826. The van der Waals surface area contributed by atoms with Crippen LogP contribution in [0.2, 0.25) is 0 Å². The zero-order chi connectivity index (χ0) is 22.1. The van der Waals surface area contributed by atoms with Crippen LogP contribution in [0.3, 0.4) is 0 Å². The third kappa shape index (κ3) is 18.1. The van der Waals surface area contributed by atoms with Gasteiger partial charge in [0.05, 0.1) is 10.4 Å². The van der Waals surface area contributed by atoms with Crippen molar-refractivity contribution in [1.82, 2.24) is 9.97 Å². The lowest BCUT2D eigenvalue weighted by molar-refractivity contribution is -0.689. The van der Waals surface area contributed by atoms with Crippen LogP contribution in [0.15, 0.2) is 11.7 Å². The summed E-state index contributed by atoms with van der Waals surface area (Å²) in [5.41, 5.74) is 10.0. The molecule has 176 valence electrons. The topological polar surface area (TPSA) is 231 Å². The molecule has 2 aromatic rings. The van der Waals surface area contributed by atoms with E-state index in [0.29, 0.717) is 24.6 Å². The number of hydrogen-bond acceptors (Lipinski definition) is 7. The summed E-state index contributed by atoms with van der Waals surface area (Å²) in [6.07, 6.45) is 2.47. The Hall–Kier alpha value is -0.730. The molecule has 0 spiro atoms. The van der Waals surface area contributed by atoms with E-state index in [2.05, 4.69) is 14.5 Å². The molecule has 0 aliphatic rings. The van der Waals surface area contributed by atoms with Crippen molar-refractivity contribution in [2.45, 2.75) is 26.8 Å². The van der Waals surface area contributed by atoms with Gasteiger partial charge in [-0.05, 0) is 6.92 Å². The molecule has 0 bridgehead atoms. The molecular formula is C12H25Cl2N4O9P2S+. The van der Waals surface area contributed by atoms with Crippen molar-refractivity contribution in [1.29, 1.82) is 0 Å². The molecule has 0 atom stereocenters. The number of phosphoric acid groups is 2. The standard InChI is InChI=1S/C12H17N4OS.2ClH.2H3O4P/c1-8-11(3-4-17)18-7-16(8)6-10-5-14-9(2)15-12(10)13;;;2*1-5(2,3)4/h5,7,17H,3-4,6H2,1-2H3,(H2,13,14,15);2*1H;2*(H3,1,2,3,4)/q+1;;;;. The first-order valence-corrected chi connectivity index (χ1v) is 11.3. The maximum atomic E-state index is 8.98. The number of hydrogen-bond donors (Lipinski definition) is 8. The molecule has 0 saturated carbocycles. The second-order valence-corrected chi connectivity index (χ2v) is 8.18. The number of halogens is 2. The number of aliphatic hydroxyl groups is 1. The minimum atomic E-state index is -4.64. The summed E-state index contributed by atoms with van der Waals surface area (Å²) in [4.78, 5) is 52.7. The molecule has 2 heterocycles. The number of aryl methyl sites for hydroxylation is 1. The van der Waals surface area contributed by atoms with E-state index in [0.717, 1.165) is 11.3 Å². The Morgan fingerprint density at radius 3 is 1.93 bits per heavy atom. The molecule has 2 rings (SSSR count). The summed E-state index contributed by atoms with van der Waals surface area (Å²) in [5.74, 6) is 1.22. The number of thiazole rings is 1. The van der Waals surface area contributed by atoms with Crippen LogP contribution >= 0.6 is 51.8 Å². The minimum Gasteiger partial charge on any atom is -0.396 e. The maximum absolute atomic E-state index is 8.98. The summed E-state index contributed by atoms with van der Waals surface area (Å²) >= 11 is 1.65. The number of nitrogen functional groups attached to an aromatic ring is 1. The van der Waals surface area contributed by atoms with E-state index in [9.17, 15) is 0 Å². The average molecular weight is 534 g/mol. The number of anilines is 1. The lowest BCUT2D eigenvalue weighted by atomic mass is 10.2. The number of rotatable bonds is 4. The van der Waals surface area contributed by atoms with Crippen molar-refractivity contribution in [2.75, 3.05) is 12.3 Å². The molecule has 0 fully saturated rings. The molecule has 0 aliphatic heterocycles. The smallest absolute Gasteiger partial charge is 0.396 e. The van der Waals surface area contributed by atoms with Crippen molar-refractivity contribution in [3.05, 3.63) is 33.7 Å². The van der Waals surface area contributed by atoms with Crippen molar-refractivity contribution < 1.29 is 48.2 Å². The van der Waals surface area contributed by atoms with Gasteiger partial charge in [-0.3, -0.25) is 0 Å². The lowest BCUT2D eigenvalue weighted by Crippen LogP contribution is -2.35.